The first-order chi connectivity index (χ1) is 15.2. The number of amides is 1. The fraction of sp³-hybridized carbons (Fsp3) is 0.897. The molecule has 1 atom stereocenters. The van der Waals surface area contributed by atoms with Gasteiger partial charge in [0.2, 0.25) is 5.91 Å². The number of rotatable bonds is 21. The van der Waals surface area contributed by atoms with Crippen LogP contribution in [-0.2, 0) is 9.53 Å². The predicted molar refractivity (Wildman–Crippen MR) is 141 cm³/mol. The fourth-order valence-corrected chi connectivity index (χ4v) is 3.73. The molecule has 0 rings (SSSR count). The maximum atomic E-state index is 12.0. The van der Waals surface area contributed by atoms with Crippen LogP contribution in [0.2, 0.25) is 0 Å². The number of carbonyl (C=O) groups excluding carboxylic acids is 1. The molecule has 0 aromatic heterocycles. The number of carbonyl (C=O) groups is 1. The molecule has 32 heavy (non-hydrogen) atoms. The van der Waals surface area contributed by atoms with Crippen molar-refractivity contribution in [1.82, 2.24) is 5.32 Å². The zero-order valence-corrected chi connectivity index (χ0v) is 22.9. The SMILES string of the molecule is CCCCCCC(CC=CCCCCCCCNC(=O)C(C)(C)CC)OC(C)(CC)CC. The van der Waals surface area contributed by atoms with E-state index in [0.29, 0.717) is 6.10 Å². The third kappa shape index (κ3) is 15.1. The van der Waals surface area contributed by atoms with Gasteiger partial charge in [0.25, 0.3) is 0 Å². The van der Waals surface area contributed by atoms with E-state index in [1.165, 1.54) is 64.2 Å². The Morgan fingerprint density at radius 1 is 0.812 bits per heavy atom. The number of ether oxygens (including phenoxy) is 1. The molecule has 0 radical (unpaired) electrons. The molecule has 0 heterocycles. The van der Waals surface area contributed by atoms with Crippen molar-refractivity contribution in [1.29, 1.82) is 0 Å². The third-order valence-corrected chi connectivity index (χ3v) is 7.22. The van der Waals surface area contributed by atoms with Crippen molar-refractivity contribution in [3.63, 3.8) is 0 Å². The Kier molecular flexibility index (Phi) is 18.1. The second-order valence-corrected chi connectivity index (χ2v) is 10.5. The van der Waals surface area contributed by atoms with Gasteiger partial charge in [-0.2, -0.15) is 0 Å². The smallest absolute Gasteiger partial charge is 0.225 e. The molecule has 3 heteroatoms. The molecule has 0 spiro atoms. The number of hydrogen-bond acceptors (Lipinski definition) is 2. The predicted octanol–water partition coefficient (Wildman–Crippen LogP) is 8.76. The molecule has 0 saturated heterocycles. The van der Waals surface area contributed by atoms with E-state index in [-0.39, 0.29) is 16.9 Å². The minimum atomic E-state index is -0.238. The summed E-state index contributed by atoms with van der Waals surface area (Å²) in [6.07, 6.45) is 22.9. The van der Waals surface area contributed by atoms with E-state index in [9.17, 15) is 4.79 Å². The lowest BCUT2D eigenvalue weighted by Gasteiger charge is -2.32. The molecule has 0 aromatic rings. The van der Waals surface area contributed by atoms with Gasteiger partial charge >= 0.3 is 0 Å². The second-order valence-electron chi connectivity index (χ2n) is 10.5. The minimum Gasteiger partial charge on any atom is -0.372 e. The van der Waals surface area contributed by atoms with Crippen molar-refractivity contribution in [2.45, 2.75) is 156 Å². The highest BCUT2D eigenvalue weighted by Gasteiger charge is 2.25. The van der Waals surface area contributed by atoms with Crippen LogP contribution in [0.25, 0.3) is 0 Å². The van der Waals surface area contributed by atoms with E-state index >= 15 is 0 Å². The van der Waals surface area contributed by atoms with Gasteiger partial charge < -0.3 is 10.1 Å². The van der Waals surface area contributed by atoms with E-state index in [1.54, 1.807) is 0 Å². The summed E-state index contributed by atoms with van der Waals surface area (Å²) in [5.74, 6) is 0.191. The summed E-state index contributed by atoms with van der Waals surface area (Å²) in [6.45, 7) is 15.9. The van der Waals surface area contributed by atoms with Gasteiger partial charge in [-0.1, -0.05) is 98.6 Å². The standard InChI is InChI=1S/C29H57NO2/c1-8-12-13-20-23-26(32-29(7,10-3)11-4)24-21-18-16-14-15-17-19-22-25-30-27(31)28(5,6)9-2/h18,21,26H,8-17,19-20,22-25H2,1-7H3,(H,30,31). The average molecular weight is 452 g/mol. The van der Waals surface area contributed by atoms with Crippen molar-refractivity contribution in [3.05, 3.63) is 12.2 Å². The van der Waals surface area contributed by atoms with Crippen molar-refractivity contribution < 1.29 is 9.53 Å². The Hall–Kier alpha value is -0.830. The highest BCUT2D eigenvalue weighted by atomic mass is 16.5. The fourth-order valence-electron chi connectivity index (χ4n) is 3.73. The van der Waals surface area contributed by atoms with Crippen LogP contribution in [0.15, 0.2) is 12.2 Å². The molecule has 1 N–H and O–H groups in total. The summed E-state index contributed by atoms with van der Waals surface area (Å²) in [4.78, 5) is 12.0. The van der Waals surface area contributed by atoms with Crippen LogP contribution in [0.1, 0.15) is 145 Å². The lowest BCUT2D eigenvalue weighted by Crippen LogP contribution is -2.36. The summed E-state index contributed by atoms with van der Waals surface area (Å²) in [6, 6.07) is 0. The van der Waals surface area contributed by atoms with Gasteiger partial charge in [0.15, 0.2) is 0 Å². The Labute approximate surface area is 201 Å². The normalized spacial score (nSPS) is 13.6. The van der Waals surface area contributed by atoms with Gasteiger partial charge in [0.1, 0.15) is 0 Å². The number of unbranched alkanes of at least 4 members (excludes halogenated alkanes) is 8. The first kappa shape index (κ1) is 31.2. The van der Waals surface area contributed by atoms with Crippen LogP contribution in [0.5, 0.6) is 0 Å². The monoisotopic (exact) mass is 451 g/mol. The van der Waals surface area contributed by atoms with Crippen LogP contribution in [0.3, 0.4) is 0 Å². The van der Waals surface area contributed by atoms with E-state index in [4.69, 9.17) is 4.74 Å². The first-order valence-corrected chi connectivity index (χ1v) is 13.9. The molecular weight excluding hydrogens is 394 g/mol. The van der Waals surface area contributed by atoms with E-state index in [0.717, 1.165) is 38.6 Å². The Bertz CT molecular complexity index is 480. The van der Waals surface area contributed by atoms with Crippen LogP contribution < -0.4 is 5.32 Å². The summed E-state index contributed by atoms with van der Waals surface area (Å²) < 4.78 is 6.56. The third-order valence-electron chi connectivity index (χ3n) is 7.22. The molecule has 0 bridgehead atoms. The van der Waals surface area contributed by atoms with E-state index < -0.39 is 0 Å². The topological polar surface area (TPSA) is 38.3 Å². The molecular formula is C29H57NO2. The number of hydrogen-bond donors (Lipinski definition) is 1. The van der Waals surface area contributed by atoms with Gasteiger partial charge in [-0.05, 0) is 58.3 Å². The van der Waals surface area contributed by atoms with Crippen LogP contribution in [-0.4, -0.2) is 24.2 Å². The molecule has 0 saturated carbocycles. The lowest BCUT2D eigenvalue weighted by molar-refractivity contribution is -0.129. The Balaban J connectivity index is 4.01. The molecule has 3 nitrogen and oxygen atoms in total. The van der Waals surface area contributed by atoms with Crippen LogP contribution in [0.4, 0.5) is 0 Å². The summed E-state index contributed by atoms with van der Waals surface area (Å²) in [5.41, 5.74) is -0.216. The largest absolute Gasteiger partial charge is 0.372 e. The lowest BCUT2D eigenvalue weighted by atomic mass is 9.89. The van der Waals surface area contributed by atoms with E-state index in [1.807, 2.05) is 13.8 Å². The van der Waals surface area contributed by atoms with Crippen molar-refractivity contribution in [3.8, 4) is 0 Å². The number of allylic oxidation sites excluding steroid dienone is 1. The summed E-state index contributed by atoms with van der Waals surface area (Å²) in [7, 11) is 0. The van der Waals surface area contributed by atoms with Gasteiger partial charge in [0.05, 0.1) is 11.7 Å². The van der Waals surface area contributed by atoms with Gasteiger partial charge in [0, 0.05) is 12.0 Å². The highest BCUT2D eigenvalue weighted by molar-refractivity contribution is 5.81. The molecule has 1 unspecified atom stereocenters. The zero-order valence-electron chi connectivity index (χ0n) is 22.9. The molecule has 0 aliphatic carbocycles. The molecule has 0 fully saturated rings. The Morgan fingerprint density at radius 3 is 2.06 bits per heavy atom. The summed E-state index contributed by atoms with van der Waals surface area (Å²) >= 11 is 0. The van der Waals surface area contributed by atoms with Gasteiger partial charge in [-0.3, -0.25) is 4.79 Å². The zero-order chi connectivity index (χ0) is 24.3. The highest BCUT2D eigenvalue weighted by Crippen LogP contribution is 2.25. The quantitative estimate of drug-likeness (QED) is 0.140. The maximum Gasteiger partial charge on any atom is 0.225 e. The van der Waals surface area contributed by atoms with Crippen LogP contribution >= 0.6 is 0 Å². The van der Waals surface area contributed by atoms with E-state index in [2.05, 4.69) is 52.1 Å². The van der Waals surface area contributed by atoms with Crippen LogP contribution in [0, 0.1) is 5.41 Å². The first-order valence-electron chi connectivity index (χ1n) is 13.9. The molecule has 190 valence electrons. The van der Waals surface area contributed by atoms with Crippen molar-refractivity contribution >= 4 is 5.91 Å². The average Bonchev–Trinajstić information content (AvgIpc) is 2.79. The number of nitrogens with one attached hydrogen (secondary N) is 1. The van der Waals surface area contributed by atoms with Crippen molar-refractivity contribution in [2.24, 2.45) is 5.41 Å². The Morgan fingerprint density at radius 2 is 1.44 bits per heavy atom. The maximum absolute atomic E-state index is 12.0. The molecule has 0 aliphatic heterocycles. The minimum absolute atomic E-state index is 0.0228. The summed E-state index contributed by atoms with van der Waals surface area (Å²) in [5, 5.41) is 3.09. The second kappa shape index (κ2) is 18.6. The molecule has 1 amide bonds. The van der Waals surface area contributed by atoms with Gasteiger partial charge in [-0.25, -0.2) is 0 Å². The van der Waals surface area contributed by atoms with Gasteiger partial charge in [-0.15, -0.1) is 0 Å². The molecule has 0 aromatic carbocycles. The molecule has 0 aliphatic rings. The van der Waals surface area contributed by atoms with Crippen molar-refractivity contribution in [2.75, 3.05) is 6.54 Å².